The number of alkyl halides is 4. The Labute approximate surface area is 203 Å². The van der Waals surface area contributed by atoms with Crippen molar-refractivity contribution in [1.82, 2.24) is 0 Å². The highest BCUT2D eigenvalue weighted by molar-refractivity contribution is 6.30. The molecule has 34 heavy (non-hydrogen) atoms. The summed E-state index contributed by atoms with van der Waals surface area (Å²) < 4.78 is 85.7. The van der Waals surface area contributed by atoms with Crippen LogP contribution >= 0.6 is 23.2 Å². The molecule has 0 unspecified atom stereocenters. The number of halogens is 7. The third kappa shape index (κ3) is 6.11. The molecule has 0 amide bonds. The van der Waals surface area contributed by atoms with Crippen LogP contribution in [0.15, 0.2) is 60.7 Å². The Hall–Kier alpha value is -2.55. The summed E-state index contributed by atoms with van der Waals surface area (Å²) in [5.74, 6) is -2.42. The third-order valence-electron chi connectivity index (χ3n) is 4.71. The van der Waals surface area contributed by atoms with Gasteiger partial charge in [-0.2, -0.15) is 13.2 Å². The second-order valence-electron chi connectivity index (χ2n) is 7.20. The minimum Gasteiger partial charge on any atom is -0.488 e. The van der Waals surface area contributed by atoms with Crippen LogP contribution < -0.4 is 9.47 Å². The van der Waals surface area contributed by atoms with Crippen molar-refractivity contribution in [2.45, 2.75) is 24.6 Å². The molecule has 0 N–H and O–H groups in total. The summed E-state index contributed by atoms with van der Waals surface area (Å²) in [7, 11) is 0. The summed E-state index contributed by atoms with van der Waals surface area (Å²) in [4.78, 5) is -3.18. The molecule has 0 aromatic heterocycles. The topological polar surface area (TPSA) is 27.7 Å². The van der Waals surface area contributed by atoms with Crippen molar-refractivity contribution in [2.24, 2.45) is 0 Å². The predicted molar refractivity (Wildman–Crippen MR) is 119 cm³/mol. The van der Waals surface area contributed by atoms with Crippen LogP contribution in [0.1, 0.15) is 18.1 Å². The Kier molecular flexibility index (Phi) is 8.28. The van der Waals surface area contributed by atoms with Gasteiger partial charge in [0.15, 0.2) is 22.3 Å². The van der Waals surface area contributed by atoms with Crippen molar-refractivity contribution in [1.29, 1.82) is 0 Å². The highest BCUT2D eigenvalue weighted by Crippen LogP contribution is 2.46. The maximum absolute atomic E-state index is 14.2. The van der Waals surface area contributed by atoms with Gasteiger partial charge in [-0.25, -0.2) is 8.78 Å². The van der Waals surface area contributed by atoms with Crippen molar-refractivity contribution in [3.63, 3.8) is 0 Å². The van der Waals surface area contributed by atoms with Crippen LogP contribution in [0.25, 0.3) is 0 Å². The van der Waals surface area contributed by atoms with E-state index in [0.29, 0.717) is 34.2 Å². The Bertz CT molecular complexity index is 1100. The van der Waals surface area contributed by atoms with Crippen LogP contribution in [-0.2, 0) is 16.2 Å². The van der Waals surface area contributed by atoms with Gasteiger partial charge in [-0.3, -0.25) is 0 Å². The fourth-order valence-corrected chi connectivity index (χ4v) is 3.36. The molecule has 0 saturated carbocycles. The van der Waals surface area contributed by atoms with Gasteiger partial charge in [-0.15, -0.1) is 11.6 Å². The number of hydrogen-bond donors (Lipinski definition) is 0. The number of benzene rings is 3. The van der Waals surface area contributed by atoms with Gasteiger partial charge in [0.05, 0.1) is 19.8 Å². The molecule has 0 aliphatic carbocycles. The quantitative estimate of drug-likeness (QED) is 0.211. The first kappa shape index (κ1) is 26.1. The minimum atomic E-state index is -5.07. The molecule has 0 saturated heterocycles. The Morgan fingerprint density at radius 3 is 2.12 bits per heavy atom. The van der Waals surface area contributed by atoms with E-state index in [9.17, 15) is 22.0 Å². The van der Waals surface area contributed by atoms with Crippen molar-refractivity contribution in [2.75, 3.05) is 13.2 Å². The average Bonchev–Trinajstić information content (AvgIpc) is 2.77. The van der Waals surface area contributed by atoms with Gasteiger partial charge in [0, 0.05) is 5.02 Å². The predicted octanol–water partition coefficient (Wildman–Crippen LogP) is 8.02. The summed E-state index contributed by atoms with van der Waals surface area (Å²) in [6, 6.07) is 14.1. The monoisotopic (exact) mass is 520 g/mol. The Morgan fingerprint density at radius 1 is 0.882 bits per heavy atom. The van der Waals surface area contributed by atoms with Crippen LogP contribution in [0.5, 0.6) is 17.2 Å². The maximum atomic E-state index is 14.2. The molecule has 182 valence electrons. The lowest BCUT2D eigenvalue weighted by molar-refractivity contribution is -0.179. The molecule has 3 rings (SSSR count). The molecule has 3 aromatic carbocycles. The molecular formula is C24H19Cl2F5O3. The SMILES string of the molecule is CCOc1c(F)cc([C@](Cl)(COCc2cccc(Oc3ccc(Cl)cc3)c2)C(F)(F)F)cc1F. The Morgan fingerprint density at radius 2 is 1.53 bits per heavy atom. The first-order valence-electron chi connectivity index (χ1n) is 10.0. The molecule has 1 atom stereocenters. The summed E-state index contributed by atoms with van der Waals surface area (Å²) >= 11 is 11.7. The summed E-state index contributed by atoms with van der Waals surface area (Å²) in [6.45, 7) is 0.0671. The largest absolute Gasteiger partial charge is 0.488 e. The van der Waals surface area contributed by atoms with E-state index in [-0.39, 0.29) is 13.2 Å². The number of hydrogen-bond acceptors (Lipinski definition) is 3. The number of ether oxygens (including phenoxy) is 3. The van der Waals surface area contributed by atoms with E-state index in [1.165, 1.54) is 6.92 Å². The van der Waals surface area contributed by atoms with Crippen LogP contribution in [0.3, 0.4) is 0 Å². The van der Waals surface area contributed by atoms with Crippen LogP contribution in [-0.4, -0.2) is 19.4 Å². The Balaban J connectivity index is 1.75. The normalized spacial score (nSPS) is 13.4. The fraction of sp³-hybridized carbons (Fsp3) is 0.250. The lowest BCUT2D eigenvalue weighted by Crippen LogP contribution is -2.41. The van der Waals surface area contributed by atoms with Gasteiger partial charge in [0.1, 0.15) is 11.5 Å². The molecule has 0 aliphatic rings. The van der Waals surface area contributed by atoms with Crippen molar-refractivity contribution in [3.05, 3.63) is 88.4 Å². The van der Waals surface area contributed by atoms with Crippen LogP contribution in [0, 0.1) is 11.6 Å². The van der Waals surface area contributed by atoms with Gasteiger partial charge in [0.25, 0.3) is 0 Å². The van der Waals surface area contributed by atoms with E-state index < -0.39 is 40.6 Å². The van der Waals surface area contributed by atoms with Gasteiger partial charge in [-0.1, -0.05) is 23.7 Å². The second kappa shape index (κ2) is 10.8. The maximum Gasteiger partial charge on any atom is 0.413 e. The zero-order valence-electron chi connectivity index (χ0n) is 17.8. The van der Waals surface area contributed by atoms with E-state index in [4.69, 9.17) is 37.4 Å². The molecule has 3 nitrogen and oxygen atoms in total. The zero-order valence-corrected chi connectivity index (χ0v) is 19.3. The molecule has 0 aliphatic heterocycles. The zero-order chi connectivity index (χ0) is 24.9. The van der Waals surface area contributed by atoms with E-state index in [1.54, 1.807) is 48.5 Å². The summed E-state index contributed by atoms with van der Waals surface area (Å²) in [5, 5.41) is 0.538. The van der Waals surface area contributed by atoms with E-state index >= 15 is 0 Å². The first-order valence-corrected chi connectivity index (χ1v) is 10.8. The standard InChI is InChI=1S/C24H19Cl2F5O3/c1-2-33-22-20(27)11-16(12-21(22)28)23(26,24(29,30)31)14-32-13-15-4-3-5-19(10-15)34-18-8-6-17(25)7-9-18/h3-12H,2,13-14H2,1H3/t23-/m1/s1. The lowest BCUT2D eigenvalue weighted by Gasteiger charge is -2.30. The molecule has 0 heterocycles. The van der Waals surface area contributed by atoms with Crippen LogP contribution in [0.2, 0.25) is 5.02 Å². The molecule has 0 fully saturated rings. The fourth-order valence-electron chi connectivity index (χ4n) is 3.05. The van der Waals surface area contributed by atoms with E-state index in [0.717, 1.165) is 0 Å². The lowest BCUT2D eigenvalue weighted by atomic mass is 9.97. The van der Waals surface area contributed by atoms with Crippen molar-refractivity contribution in [3.8, 4) is 17.2 Å². The highest BCUT2D eigenvalue weighted by Gasteiger charge is 2.55. The van der Waals surface area contributed by atoms with E-state index in [1.807, 2.05) is 0 Å². The molecule has 3 aromatic rings. The van der Waals surface area contributed by atoms with Gasteiger partial charge >= 0.3 is 6.18 Å². The van der Waals surface area contributed by atoms with Crippen molar-refractivity contribution < 1.29 is 36.2 Å². The molecular weight excluding hydrogens is 502 g/mol. The smallest absolute Gasteiger partial charge is 0.413 e. The summed E-state index contributed by atoms with van der Waals surface area (Å²) in [5.41, 5.74) is -0.336. The van der Waals surface area contributed by atoms with E-state index in [2.05, 4.69) is 0 Å². The minimum absolute atomic E-state index is 0.0671. The molecule has 10 heteroatoms. The van der Waals surface area contributed by atoms with Gasteiger partial charge in [-0.05, 0) is 66.6 Å². The highest BCUT2D eigenvalue weighted by atomic mass is 35.5. The van der Waals surface area contributed by atoms with Gasteiger partial charge < -0.3 is 14.2 Å². The number of rotatable bonds is 9. The third-order valence-corrected chi connectivity index (χ3v) is 5.50. The van der Waals surface area contributed by atoms with Gasteiger partial charge in [0.2, 0.25) is 0 Å². The second-order valence-corrected chi connectivity index (χ2v) is 8.28. The molecule has 0 radical (unpaired) electrons. The first-order chi connectivity index (χ1) is 16.0. The summed E-state index contributed by atoms with van der Waals surface area (Å²) in [6.07, 6.45) is -5.07. The molecule has 0 spiro atoms. The molecule has 0 bridgehead atoms. The van der Waals surface area contributed by atoms with Crippen molar-refractivity contribution >= 4 is 23.2 Å². The average molecular weight is 521 g/mol. The van der Waals surface area contributed by atoms with Crippen LogP contribution in [0.4, 0.5) is 22.0 Å².